The summed E-state index contributed by atoms with van der Waals surface area (Å²) in [6.07, 6.45) is 1.39. The summed E-state index contributed by atoms with van der Waals surface area (Å²) in [6, 6.07) is 0.0421. The lowest BCUT2D eigenvalue weighted by Crippen LogP contribution is -2.46. The van der Waals surface area contributed by atoms with Gasteiger partial charge in [0.05, 0.1) is 0 Å². The number of nitrogens with two attached hydrogens (primary N) is 1. The van der Waals surface area contributed by atoms with Crippen LogP contribution in [0, 0.1) is 5.92 Å². The molecule has 1 rings (SSSR count). The standard InChI is InChI=1S/C10H19N3O2/c1-3-12(2)10(15)13-6-4-8(5-7-13)9(11)14/h8H,3-7H2,1-2H3,(H2,11,14). The molecule has 0 radical (unpaired) electrons. The van der Waals surface area contributed by atoms with Crippen molar-refractivity contribution in [2.24, 2.45) is 11.7 Å². The summed E-state index contributed by atoms with van der Waals surface area (Å²) >= 11 is 0. The molecule has 0 atom stereocenters. The second-order valence-electron chi connectivity index (χ2n) is 3.96. The van der Waals surface area contributed by atoms with Gasteiger partial charge in [0.1, 0.15) is 0 Å². The fourth-order valence-corrected chi connectivity index (χ4v) is 1.73. The number of carbonyl (C=O) groups is 2. The van der Waals surface area contributed by atoms with E-state index in [2.05, 4.69) is 0 Å². The van der Waals surface area contributed by atoms with E-state index >= 15 is 0 Å². The first-order chi connectivity index (χ1) is 7.06. The molecule has 1 aliphatic heterocycles. The molecule has 0 unspecified atom stereocenters. The number of carbonyl (C=O) groups excluding carboxylic acids is 2. The van der Waals surface area contributed by atoms with E-state index in [4.69, 9.17) is 5.73 Å². The largest absolute Gasteiger partial charge is 0.369 e. The van der Waals surface area contributed by atoms with E-state index in [0.717, 1.165) is 0 Å². The molecule has 1 heterocycles. The summed E-state index contributed by atoms with van der Waals surface area (Å²) in [5, 5.41) is 0. The van der Waals surface area contributed by atoms with Gasteiger partial charge in [-0.05, 0) is 19.8 Å². The van der Waals surface area contributed by atoms with Crippen molar-refractivity contribution in [2.75, 3.05) is 26.7 Å². The van der Waals surface area contributed by atoms with E-state index < -0.39 is 0 Å². The lowest BCUT2D eigenvalue weighted by atomic mass is 9.96. The minimum absolute atomic E-state index is 0.0421. The molecule has 0 spiro atoms. The molecule has 1 fully saturated rings. The Morgan fingerprint density at radius 1 is 1.40 bits per heavy atom. The maximum Gasteiger partial charge on any atom is 0.319 e. The Kier molecular flexibility index (Phi) is 3.94. The number of likely N-dealkylation sites (tertiary alicyclic amines) is 1. The van der Waals surface area contributed by atoms with Crippen LogP contribution in [0.4, 0.5) is 4.79 Å². The lowest BCUT2D eigenvalue weighted by molar-refractivity contribution is -0.123. The Balaban J connectivity index is 2.43. The molecular formula is C10H19N3O2. The number of primary amides is 1. The molecule has 5 nitrogen and oxygen atoms in total. The van der Waals surface area contributed by atoms with Crippen LogP contribution in [-0.4, -0.2) is 48.4 Å². The molecule has 5 heteroatoms. The van der Waals surface area contributed by atoms with Gasteiger partial charge in [-0.1, -0.05) is 0 Å². The molecule has 0 aromatic heterocycles. The highest BCUT2D eigenvalue weighted by molar-refractivity contribution is 5.78. The predicted octanol–water partition coefficient (Wildman–Crippen LogP) is 0.255. The number of piperidine rings is 1. The quantitative estimate of drug-likeness (QED) is 0.714. The maximum atomic E-state index is 11.7. The summed E-state index contributed by atoms with van der Waals surface area (Å²) in [7, 11) is 1.78. The van der Waals surface area contributed by atoms with Gasteiger partial charge in [0.15, 0.2) is 0 Å². The Bertz CT molecular complexity index is 247. The molecule has 2 N–H and O–H groups in total. The second-order valence-corrected chi connectivity index (χ2v) is 3.96. The fourth-order valence-electron chi connectivity index (χ4n) is 1.73. The van der Waals surface area contributed by atoms with Crippen LogP contribution in [0.25, 0.3) is 0 Å². The van der Waals surface area contributed by atoms with Gasteiger partial charge in [0, 0.05) is 32.6 Å². The molecule has 0 saturated carbocycles. The van der Waals surface area contributed by atoms with Crippen LogP contribution < -0.4 is 5.73 Å². The smallest absolute Gasteiger partial charge is 0.319 e. The summed E-state index contributed by atoms with van der Waals surface area (Å²) in [4.78, 5) is 26.1. The van der Waals surface area contributed by atoms with Crippen LogP contribution in [0.1, 0.15) is 19.8 Å². The summed E-state index contributed by atoms with van der Waals surface area (Å²) in [6.45, 7) is 3.91. The van der Waals surface area contributed by atoms with E-state index in [1.54, 1.807) is 16.8 Å². The van der Waals surface area contributed by atoms with Crippen LogP contribution in [-0.2, 0) is 4.79 Å². The van der Waals surface area contributed by atoms with Crippen molar-refractivity contribution in [1.82, 2.24) is 9.80 Å². The van der Waals surface area contributed by atoms with Gasteiger partial charge in [-0.2, -0.15) is 0 Å². The summed E-state index contributed by atoms with van der Waals surface area (Å²) in [5.74, 6) is -0.299. The van der Waals surface area contributed by atoms with Gasteiger partial charge < -0.3 is 15.5 Å². The number of amides is 3. The fraction of sp³-hybridized carbons (Fsp3) is 0.800. The molecule has 1 aliphatic rings. The average Bonchev–Trinajstić information content (AvgIpc) is 2.27. The number of rotatable bonds is 2. The zero-order valence-corrected chi connectivity index (χ0v) is 9.40. The molecule has 1 saturated heterocycles. The zero-order chi connectivity index (χ0) is 11.4. The first kappa shape index (κ1) is 11.8. The van der Waals surface area contributed by atoms with E-state index in [0.29, 0.717) is 32.5 Å². The maximum absolute atomic E-state index is 11.7. The normalized spacial score (nSPS) is 17.6. The Hall–Kier alpha value is -1.26. The topological polar surface area (TPSA) is 66.6 Å². The second kappa shape index (κ2) is 5.00. The van der Waals surface area contributed by atoms with Crippen LogP contribution in [0.3, 0.4) is 0 Å². The lowest BCUT2D eigenvalue weighted by Gasteiger charge is -2.33. The van der Waals surface area contributed by atoms with Gasteiger partial charge >= 0.3 is 6.03 Å². The van der Waals surface area contributed by atoms with Gasteiger partial charge in [0.2, 0.25) is 5.91 Å². The third-order valence-electron chi connectivity index (χ3n) is 2.97. The van der Waals surface area contributed by atoms with Crippen molar-refractivity contribution in [2.45, 2.75) is 19.8 Å². The summed E-state index contributed by atoms with van der Waals surface area (Å²) in [5.41, 5.74) is 5.22. The van der Waals surface area contributed by atoms with Crippen molar-refractivity contribution in [3.63, 3.8) is 0 Å². The summed E-state index contributed by atoms with van der Waals surface area (Å²) < 4.78 is 0. The first-order valence-electron chi connectivity index (χ1n) is 5.35. The minimum atomic E-state index is -0.244. The number of hydrogen-bond donors (Lipinski definition) is 1. The van der Waals surface area contributed by atoms with Gasteiger partial charge in [0.25, 0.3) is 0 Å². The third-order valence-corrected chi connectivity index (χ3v) is 2.97. The Morgan fingerprint density at radius 3 is 2.33 bits per heavy atom. The van der Waals surface area contributed by atoms with Crippen molar-refractivity contribution in [1.29, 1.82) is 0 Å². The highest BCUT2D eigenvalue weighted by atomic mass is 16.2. The third kappa shape index (κ3) is 2.84. The zero-order valence-electron chi connectivity index (χ0n) is 9.40. The SMILES string of the molecule is CCN(C)C(=O)N1CCC(C(N)=O)CC1. The number of nitrogens with zero attached hydrogens (tertiary/aromatic N) is 2. The Labute approximate surface area is 90.2 Å². The van der Waals surface area contributed by atoms with Crippen LogP contribution in [0.2, 0.25) is 0 Å². The van der Waals surface area contributed by atoms with Crippen LogP contribution in [0.5, 0.6) is 0 Å². The minimum Gasteiger partial charge on any atom is -0.369 e. The van der Waals surface area contributed by atoms with Crippen molar-refractivity contribution < 1.29 is 9.59 Å². The van der Waals surface area contributed by atoms with Crippen molar-refractivity contribution >= 4 is 11.9 Å². The average molecular weight is 213 g/mol. The van der Waals surface area contributed by atoms with Gasteiger partial charge in [-0.15, -0.1) is 0 Å². The monoisotopic (exact) mass is 213 g/mol. The van der Waals surface area contributed by atoms with E-state index in [1.807, 2.05) is 6.92 Å². The van der Waals surface area contributed by atoms with Crippen molar-refractivity contribution in [3.8, 4) is 0 Å². The molecule has 0 aliphatic carbocycles. The van der Waals surface area contributed by atoms with E-state index in [-0.39, 0.29) is 17.9 Å². The molecule has 0 aromatic rings. The molecule has 0 aromatic carbocycles. The number of hydrogen-bond acceptors (Lipinski definition) is 2. The van der Waals surface area contributed by atoms with Crippen LogP contribution >= 0.6 is 0 Å². The predicted molar refractivity (Wildman–Crippen MR) is 57.2 cm³/mol. The van der Waals surface area contributed by atoms with E-state index in [1.165, 1.54) is 0 Å². The molecule has 3 amide bonds. The first-order valence-corrected chi connectivity index (χ1v) is 5.35. The van der Waals surface area contributed by atoms with Crippen molar-refractivity contribution in [3.05, 3.63) is 0 Å². The number of urea groups is 1. The highest BCUT2D eigenvalue weighted by Gasteiger charge is 2.26. The van der Waals surface area contributed by atoms with E-state index in [9.17, 15) is 9.59 Å². The van der Waals surface area contributed by atoms with Gasteiger partial charge in [-0.25, -0.2) is 4.79 Å². The molecule has 86 valence electrons. The van der Waals surface area contributed by atoms with Crippen LogP contribution in [0.15, 0.2) is 0 Å². The highest BCUT2D eigenvalue weighted by Crippen LogP contribution is 2.17. The Morgan fingerprint density at radius 2 is 1.93 bits per heavy atom. The van der Waals surface area contributed by atoms with Gasteiger partial charge in [-0.3, -0.25) is 4.79 Å². The molecule has 15 heavy (non-hydrogen) atoms. The molecule has 0 bridgehead atoms. The molecular weight excluding hydrogens is 194 g/mol.